The maximum absolute atomic E-state index is 12.0. The molecule has 0 spiro atoms. The van der Waals surface area contributed by atoms with Crippen LogP contribution in [-0.2, 0) is 10.0 Å². The van der Waals surface area contributed by atoms with Gasteiger partial charge in [0.15, 0.2) is 0 Å². The van der Waals surface area contributed by atoms with Gasteiger partial charge in [0.1, 0.15) is 0 Å². The average Bonchev–Trinajstić information content (AvgIpc) is 2.62. The highest BCUT2D eigenvalue weighted by Crippen LogP contribution is 2.26. The lowest BCUT2D eigenvalue weighted by atomic mass is 10.1. The van der Waals surface area contributed by atoms with Gasteiger partial charge in [-0.05, 0) is 39.5 Å². The second-order valence-corrected chi connectivity index (χ2v) is 7.57. The van der Waals surface area contributed by atoms with E-state index in [1.165, 1.54) is 0 Å². The van der Waals surface area contributed by atoms with Gasteiger partial charge < -0.3 is 0 Å². The monoisotopic (exact) mass is 297 g/mol. The average molecular weight is 298 g/mol. The Labute approximate surface area is 101 Å². The number of sulfonamides is 1. The van der Waals surface area contributed by atoms with Crippen molar-refractivity contribution in [2.75, 3.05) is 11.9 Å². The molecule has 1 unspecified atom stereocenters. The molecule has 1 aliphatic rings. The summed E-state index contributed by atoms with van der Waals surface area (Å²) in [6.07, 6.45) is 4.07. The maximum Gasteiger partial charge on any atom is 0.216 e. The number of alkyl halides is 1. The fourth-order valence-electron chi connectivity index (χ4n) is 2.02. The Morgan fingerprint density at radius 3 is 2.67 bits per heavy atom. The predicted molar refractivity (Wildman–Crippen MR) is 66.8 cm³/mol. The van der Waals surface area contributed by atoms with E-state index in [0.29, 0.717) is 6.54 Å². The lowest BCUT2D eigenvalue weighted by Gasteiger charge is -2.25. The van der Waals surface area contributed by atoms with Crippen LogP contribution < -0.4 is 0 Å². The van der Waals surface area contributed by atoms with Crippen molar-refractivity contribution in [3.63, 3.8) is 0 Å². The Morgan fingerprint density at radius 1 is 1.47 bits per heavy atom. The summed E-state index contributed by atoms with van der Waals surface area (Å²) in [5.41, 5.74) is 0. The van der Waals surface area contributed by atoms with E-state index >= 15 is 0 Å². The molecule has 0 aromatic carbocycles. The standard InChI is InChI=1S/C10H20BrNO2S/c1-9(2)15(13,14)12-8-4-6-10(12)5-3-7-11/h9-10H,3-8H2,1-2H3. The highest BCUT2D eigenvalue weighted by Gasteiger charge is 2.35. The van der Waals surface area contributed by atoms with Crippen LogP contribution in [0.5, 0.6) is 0 Å². The minimum absolute atomic E-state index is 0.245. The molecule has 0 bridgehead atoms. The molecule has 1 rings (SSSR count). The van der Waals surface area contributed by atoms with Crippen LogP contribution in [0.2, 0.25) is 0 Å². The molecule has 0 aromatic heterocycles. The van der Waals surface area contributed by atoms with Crippen LogP contribution in [0, 0.1) is 0 Å². The molecule has 1 aliphatic heterocycles. The molecule has 0 radical (unpaired) electrons. The van der Waals surface area contributed by atoms with Gasteiger partial charge in [-0.2, -0.15) is 4.31 Å². The van der Waals surface area contributed by atoms with Crippen molar-refractivity contribution in [3.8, 4) is 0 Å². The van der Waals surface area contributed by atoms with E-state index in [9.17, 15) is 8.42 Å². The summed E-state index contributed by atoms with van der Waals surface area (Å²) in [7, 11) is -3.04. The van der Waals surface area contributed by atoms with Crippen LogP contribution in [0.1, 0.15) is 39.5 Å². The number of hydrogen-bond acceptors (Lipinski definition) is 2. The van der Waals surface area contributed by atoms with Gasteiger partial charge in [-0.25, -0.2) is 8.42 Å². The van der Waals surface area contributed by atoms with E-state index in [1.807, 2.05) is 0 Å². The van der Waals surface area contributed by atoms with Gasteiger partial charge in [-0.3, -0.25) is 0 Å². The van der Waals surface area contributed by atoms with Crippen molar-refractivity contribution in [1.82, 2.24) is 4.31 Å². The first-order valence-electron chi connectivity index (χ1n) is 5.56. The fraction of sp³-hybridized carbons (Fsp3) is 1.00. The minimum Gasteiger partial charge on any atom is -0.212 e. The quantitative estimate of drug-likeness (QED) is 0.731. The summed E-state index contributed by atoms with van der Waals surface area (Å²) in [5, 5.41) is 0.668. The van der Waals surface area contributed by atoms with Gasteiger partial charge in [0.05, 0.1) is 5.25 Å². The van der Waals surface area contributed by atoms with Gasteiger partial charge in [0.25, 0.3) is 0 Å². The van der Waals surface area contributed by atoms with E-state index in [1.54, 1.807) is 18.2 Å². The fourth-order valence-corrected chi connectivity index (χ4v) is 3.89. The molecule has 0 amide bonds. The van der Waals surface area contributed by atoms with Crippen molar-refractivity contribution in [2.45, 2.75) is 50.8 Å². The maximum atomic E-state index is 12.0. The summed E-state index contributed by atoms with van der Waals surface area (Å²) >= 11 is 3.39. The van der Waals surface area contributed by atoms with Gasteiger partial charge in [-0.1, -0.05) is 15.9 Å². The van der Waals surface area contributed by atoms with E-state index < -0.39 is 10.0 Å². The van der Waals surface area contributed by atoms with Crippen molar-refractivity contribution in [1.29, 1.82) is 0 Å². The van der Waals surface area contributed by atoms with Crippen molar-refractivity contribution >= 4 is 26.0 Å². The Balaban J connectivity index is 2.68. The van der Waals surface area contributed by atoms with Crippen molar-refractivity contribution in [2.24, 2.45) is 0 Å². The molecule has 1 saturated heterocycles. The molecule has 0 N–H and O–H groups in total. The molecule has 15 heavy (non-hydrogen) atoms. The Kier molecular flexibility index (Phi) is 5.06. The molecule has 0 aromatic rings. The Bertz CT molecular complexity index is 290. The molecule has 3 nitrogen and oxygen atoms in total. The van der Waals surface area contributed by atoms with E-state index in [0.717, 1.165) is 31.0 Å². The van der Waals surface area contributed by atoms with Gasteiger partial charge in [-0.15, -0.1) is 0 Å². The zero-order chi connectivity index (χ0) is 11.5. The summed E-state index contributed by atoms with van der Waals surface area (Å²) in [5.74, 6) is 0. The van der Waals surface area contributed by atoms with Crippen LogP contribution in [0.4, 0.5) is 0 Å². The smallest absolute Gasteiger partial charge is 0.212 e. The lowest BCUT2D eigenvalue weighted by molar-refractivity contribution is 0.365. The first kappa shape index (κ1) is 13.5. The molecule has 0 saturated carbocycles. The summed E-state index contributed by atoms with van der Waals surface area (Å²) < 4.78 is 25.8. The summed E-state index contributed by atoms with van der Waals surface area (Å²) in [6, 6.07) is 0.245. The molecule has 1 atom stereocenters. The first-order valence-corrected chi connectivity index (χ1v) is 8.19. The van der Waals surface area contributed by atoms with Gasteiger partial charge in [0, 0.05) is 17.9 Å². The minimum atomic E-state index is -3.04. The third-order valence-electron chi connectivity index (χ3n) is 2.92. The number of hydrogen-bond donors (Lipinski definition) is 0. The highest BCUT2D eigenvalue weighted by atomic mass is 79.9. The lowest BCUT2D eigenvalue weighted by Crippen LogP contribution is -2.39. The third-order valence-corrected chi connectivity index (χ3v) is 5.80. The van der Waals surface area contributed by atoms with Crippen LogP contribution in [0.15, 0.2) is 0 Å². The zero-order valence-corrected chi connectivity index (χ0v) is 11.8. The molecular weight excluding hydrogens is 278 g/mol. The van der Waals surface area contributed by atoms with Crippen molar-refractivity contribution < 1.29 is 8.42 Å². The highest BCUT2D eigenvalue weighted by molar-refractivity contribution is 9.09. The number of halogens is 1. The number of nitrogens with zero attached hydrogens (tertiary/aromatic N) is 1. The van der Waals surface area contributed by atoms with Gasteiger partial charge in [0.2, 0.25) is 10.0 Å². The second kappa shape index (κ2) is 5.64. The Morgan fingerprint density at radius 2 is 2.13 bits per heavy atom. The molecule has 1 fully saturated rings. The topological polar surface area (TPSA) is 37.4 Å². The normalized spacial score (nSPS) is 23.9. The van der Waals surface area contributed by atoms with Crippen LogP contribution in [0.3, 0.4) is 0 Å². The molecule has 1 heterocycles. The molecular formula is C10H20BrNO2S. The van der Waals surface area contributed by atoms with E-state index in [-0.39, 0.29) is 11.3 Å². The van der Waals surface area contributed by atoms with Crippen LogP contribution in [-0.4, -0.2) is 35.9 Å². The predicted octanol–water partition coefficient (Wildman–Crippen LogP) is 2.36. The SMILES string of the molecule is CC(C)S(=O)(=O)N1CCCC1CCCBr. The Hall–Kier alpha value is 0.390. The van der Waals surface area contributed by atoms with Crippen molar-refractivity contribution in [3.05, 3.63) is 0 Å². The molecule has 5 heteroatoms. The molecule has 0 aliphatic carbocycles. The first-order chi connectivity index (χ1) is 7.00. The van der Waals surface area contributed by atoms with Crippen LogP contribution in [0.25, 0.3) is 0 Å². The summed E-state index contributed by atoms with van der Waals surface area (Å²) in [4.78, 5) is 0. The van der Waals surface area contributed by atoms with Crippen LogP contribution >= 0.6 is 15.9 Å². The zero-order valence-electron chi connectivity index (χ0n) is 9.45. The summed E-state index contributed by atoms with van der Waals surface area (Å²) in [6.45, 7) is 4.23. The second-order valence-electron chi connectivity index (χ2n) is 4.33. The van der Waals surface area contributed by atoms with Gasteiger partial charge >= 0.3 is 0 Å². The van der Waals surface area contributed by atoms with E-state index in [4.69, 9.17) is 0 Å². The van der Waals surface area contributed by atoms with E-state index in [2.05, 4.69) is 15.9 Å². The third kappa shape index (κ3) is 3.17. The number of rotatable bonds is 5. The molecule has 90 valence electrons. The largest absolute Gasteiger partial charge is 0.216 e.